The lowest BCUT2D eigenvalue weighted by molar-refractivity contribution is 0.102. The molecule has 0 saturated carbocycles. The van der Waals surface area contributed by atoms with E-state index in [1.54, 1.807) is 43.3 Å². The van der Waals surface area contributed by atoms with Crippen LogP contribution in [0.25, 0.3) is 0 Å². The van der Waals surface area contributed by atoms with Crippen molar-refractivity contribution in [3.05, 3.63) is 71.6 Å². The Bertz CT molecular complexity index is 1070. The topological polar surface area (TPSA) is 101 Å². The number of aryl methyl sites for hydroxylation is 1. The predicted octanol–water partition coefficient (Wildman–Crippen LogP) is 4.16. The molecule has 0 aliphatic carbocycles. The molecule has 0 bridgehead atoms. The maximum atomic E-state index is 12.5. The number of anilines is 2. The van der Waals surface area contributed by atoms with Crippen LogP contribution in [0.5, 0.6) is 0 Å². The summed E-state index contributed by atoms with van der Waals surface area (Å²) in [6.07, 6.45) is 1.34. The Labute approximate surface area is 163 Å². The number of carbonyl (C=O) groups is 1. The van der Waals surface area contributed by atoms with Crippen molar-refractivity contribution in [2.24, 2.45) is 0 Å². The monoisotopic (exact) mass is 399 g/mol. The first kappa shape index (κ1) is 19.6. The molecule has 0 fully saturated rings. The fourth-order valence-corrected chi connectivity index (χ4v) is 3.64. The van der Waals surface area contributed by atoms with Crippen molar-refractivity contribution in [1.29, 1.82) is 0 Å². The second-order valence-electron chi connectivity index (χ2n) is 6.66. The smallest absolute Gasteiger partial charge is 0.261 e. The number of nitrogens with zero attached hydrogens (tertiary/aromatic N) is 1. The van der Waals surface area contributed by atoms with Gasteiger partial charge in [-0.3, -0.25) is 9.52 Å². The van der Waals surface area contributed by atoms with Gasteiger partial charge >= 0.3 is 0 Å². The normalized spacial score (nSPS) is 11.4. The fraction of sp³-hybridized carbons (Fsp3) is 0.200. The minimum atomic E-state index is -3.69. The number of sulfonamides is 1. The zero-order chi connectivity index (χ0) is 20.3. The highest BCUT2D eigenvalue weighted by Gasteiger charge is 2.15. The average molecular weight is 399 g/mol. The Balaban J connectivity index is 1.69. The van der Waals surface area contributed by atoms with Gasteiger partial charge in [-0.15, -0.1) is 0 Å². The van der Waals surface area contributed by atoms with E-state index < -0.39 is 10.0 Å². The summed E-state index contributed by atoms with van der Waals surface area (Å²) < 4.78 is 32.5. The second kappa shape index (κ2) is 7.85. The van der Waals surface area contributed by atoms with Crippen molar-refractivity contribution in [2.45, 2.75) is 31.6 Å². The highest BCUT2D eigenvalue weighted by atomic mass is 32.2. The van der Waals surface area contributed by atoms with Crippen LogP contribution in [0.4, 0.5) is 11.4 Å². The number of hydrogen-bond acceptors (Lipinski definition) is 5. The Morgan fingerprint density at radius 1 is 1.00 bits per heavy atom. The van der Waals surface area contributed by atoms with E-state index in [0.29, 0.717) is 28.6 Å². The molecule has 2 N–H and O–H groups in total. The maximum Gasteiger partial charge on any atom is 0.261 e. The second-order valence-corrected chi connectivity index (χ2v) is 8.34. The number of carbonyl (C=O) groups excluding carboxylic acids is 1. The molecule has 1 amide bonds. The van der Waals surface area contributed by atoms with E-state index in [2.05, 4.69) is 15.2 Å². The molecule has 1 aromatic heterocycles. The molecule has 1 heterocycles. The van der Waals surface area contributed by atoms with E-state index in [0.717, 1.165) is 5.56 Å². The van der Waals surface area contributed by atoms with Gasteiger partial charge in [0.05, 0.1) is 11.1 Å². The number of benzene rings is 2. The largest absolute Gasteiger partial charge is 0.361 e. The summed E-state index contributed by atoms with van der Waals surface area (Å²) in [4.78, 5) is 12.3. The van der Waals surface area contributed by atoms with Gasteiger partial charge in [-0.05, 0) is 54.8 Å². The Hall–Kier alpha value is -3.13. The van der Waals surface area contributed by atoms with Crippen LogP contribution in [-0.2, 0) is 10.0 Å². The van der Waals surface area contributed by atoms with Crippen LogP contribution in [0.2, 0.25) is 0 Å². The third-order valence-corrected chi connectivity index (χ3v) is 5.64. The molecule has 3 aromatic rings. The van der Waals surface area contributed by atoms with Crippen molar-refractivity contribution in [3.8, 4) is 0 Å². The van der Waals surface area contributed by atoms with Gasteiger partial charge in [-0.1, -0.05) is 31.1 Å². The number of rotatable bonds is 6. The molecule has 8 heteroatoms. The molecular formula is C20H21N3O4S. The Kier molecular flexibility index (Phi) is 5.51. The highest BCUT2D eigenvalue weighted by molar-refractivity contribution is 7.92. The van der Waals surface area contributed by atoms with Crippen molar-refractivity contribution in [1.82, 2.24) is 5.16 Å². The van der Waals surface area contributed by atoms with Gasteiger partial charge in [-0.25, -0.2) is 8.42 Å². The molecule has 0 aliphatic rings. The molecule has 28 heavy (non-hydrogen) atoms. The van der Waals surface area contributed by atoms with Crippen LogP contribution in [0.15, 0.2) is 64.1 Å². The molecule has 3 rings (SSSR count). The molecule has 7 nitrogen and oxygen atoms in total. The summed E-state index contributed by atoms with van der Waals surface area (Å²) >= 11 is 0. The van der Waals surface area contributed by atoms with E-state index in [1.165, 1.54) is 6.20 Å². The summed E-state index contributed by atoms with van der Waals surface area (Å²) in [6, 6.07) is 13.2. The lowest BCUT2D eigenvalue weighted by Gasteiger charge is -2.11. The van der Waals surface area contributed by atoms with Crippen molar-refractivity contribution >= 4 is 27.3 Å². The third kappa shape index (κ3) is 4.40. The molecule has 0 spiro atoms. The van der Waals surface area contributed by atoms with Crippen molar-refractivity contribution in [2.75, 3.05) is 10.0 Å². The van der Waals surface area contributed by atoms with Crippen LogP contribution in [0, 0.1) is 6.92 Å². The molecule has 0 radical (unpaired) electrons. The minimum absolute atomic E-state index is 0.192. The fourth-order valence-electron chi connectivity index (χ4n) is 2.58. The van der Waals surface area contributed by atoms with Crippen LogP contribution in [0.1, 0.15) is 41.4 Å². The van der Waals surface area contributed by atoms with E-state index in [9.17, 15) is 13.2 Å². The average Bonchev–Trinajstić information content (AvgIpc) is 3.09. The van der Waals surface area contributed by atoms with Crippen molar-refractivity contribution in [3.63, 3.8) is 0 Å². The molecule has 0 saturated heterocycles. The van der Waals surface area contributed by atoms with Gasteiger partial charge in [0.1, 0.15) is 11.3 Å². The van der Waals surface area contributed by atoms with Crippen molar-refractivity contribution < 1.29 is 17.7 Å². The highest BCUT2D eigenvalue weighted by Crippen LogP contribution is 2.21. The van der Waals surface area contributed by atoms with Gasteiger partial charge in [-0.2, -0.15) is 0 Å². The zero-order valence-corrected chi connectivity index (χ0v) is 16.6. The van der Waals surface area contributed by atoms with Gasteiger partial charge in [0.15, 0.2) is 0 Å². The third-order valence-electron chi connectivity index (χ3n) is 4.25. The molecular weight excluding hydrogens is 378 g/mol. The predicted molar refractivity (Wildman–Crippen MR) is 107 cm³/mol. The summed E-state index contributed by atoms with van der Waals surface area (Å²) in [5.41, 5.74) is 2.33. The summed E-state index contributed by atoms with van der Waals surface area (Å²) in [5, 5.41) is 6.28. The van der Waals surface area contributed by atoms with Gasteiger partial charge in [0, 0.05) is 11.4 Å². The zero-order valence-electron chi connectivity index (χ0n) is 15.8. The summed E-state index contributed by atoms with van der Waals surface area (Å²) in [7, 11) is -3.69. The van der Waals surface area contributed by atoms with E-state index in [-0.39, 0.29) is 10.8 Å². The first-order chi connectivity index (χ1) is 13.3. The molecule has 146 valence electrons. The quantitative estimate of drug-likeness (QED) is 0.648. The van der Waals surface area contributed by atoms with Gasteiger partial charge in [0.25, 0.3) is 15.9 Å². The van der Waals surface area contributed by atoms with E-state index >= 15 is 0 Å². The SMILES string of the molecule is Cc1oncc1C(=O)Nc1ccc(NS(=O)(=O)c2ccc(C(C)C)cc2)cc1. The van der Waals surface area contributed by atoms with Crippen LogP contribution < -0.4 is 10.0 Å². The number of hydrogen-bond donors (Lipinski definition) is 2. The molecule has 2 aromatic carbocycles. The lowest BCUT2D eigenvalue weighted by atomic mass is 10.0. The Morgan fingerprint density at radius 2 is 1.61 bits per heavy atom. The number of nitrogens with one attached hydrogen (secondary N) is 2. The van der Waals surface area contributed by atoms with Crippen LogP contribution in [0.3, 0.4) is 0 Å². The first-order valence-corrected chi connectivity index (χ1v) is 10.2. The number of amides is 1. The van der Waals surface area contributed by atoms with E-state index in [4.69, 9.17) is 4.52 Å². The minimum Gasteiger partial charge on any atom is -0.361 e. The molecule has 0 atom stereocenters. The van der Waals surface area contributed by atoms with Crippen LogP contribution in [-0.4, -0.2) is 19.5 Å². The van der Waals surface area contributed by atoms with E-state index in [1.807, 2.05) is 26.0 Å². The molecule has 0 unspecified atom stereocenters. The maximum absolute atomic E-state index is 12.5. The summed E-state index contributed by atoms with van der Waals surface area (Å²) in [5.74, 6) is 0.400. The Morgan fingerprint density at radius 3 is 2.14 bits per heavy atom. The number of aromatic nitrogens is 1. The lowest BCUT2D eigenvalue weighted by Crippen LogP contribution is -2.14. The first-order valence-electron chi connectivity index (χ1n) is 8.72. The van der Waals surface area contributed by atoms with Crippen LogP contribution >= 0.6 is 0 Å². The summed E-state index contributed by atoms with van der Waals surface area (Å²) in [6.45, 7) is 5.74. The van der Waals surface area contributed by atoms with Gasteiger partial charge in [0.2, 0.25) is 0 Å². The standard InChI is InChI=1S/C20H21N3O4S/c1-13(2)15-4-10-18(11-5-15)28(25,26)23-17-8-6-16(7-9-17)22-20(24)19-12-21-27-14(19)3/h4-13,23H,1-3H3,(H,22,24). The molecule has 0 aliphatic heterocycles. The van der Waals surface area contributed by atoms with Gasteiger partial charge < -0.3 is 9.84 Å².